The predicted octanol–water partition coefficient (Wildman–Crippen LogP) is 4.91. The molecule has 0 bridgehead atoms. The SMILES string of the molecule is Cc1ccc(NC(=S)N2CCN(Cc3c(C)nn(-c4ccccc4)c3C)CC2)c(OC(F)F)c1. The molecular formula is C25H29F2N5OS. The Morgan fingerprint density at radius 3 is 2.44 bits per heavy atom. The first-order chi connectivity index (χ1) is 16.3. The van der Waals surface area contributed by atoms with E-state index in [9.17, 15) is 8.78 Å². The van der Waals surface area contributed by atoms with Gasteiger partial charge in [0.1, 0.15) is 5.75 Å². The lowest BCUT2D eigenvalue weighted by molar-refractivity contribution is -0.0493. The first-order valence-electron chi connectivity index (χ1n) is 11.3. The van der Waals surface area contributed by atoms with Crippen LogP contribution in [0.15, 0.2) is 48.5 Å². The molecule has 3 aromatic rings. The predicted molar refractivity (Wildman–Crippen MR) is 134 cm³/mol. The highest BCUT2D eigenvalue weighted by Crippen LogP contribution is 2.28. The summed E-state index contributed by atoms with van der Waals surface area (Å²) in [4.78, 5) is 4.45. The van der Waals surface area contributed by atoms with Gasteiger partial charge in [-0.25, -0.2) is 4.68 Å². The summed E-state index contributed by atoms with van der Waals surface area (Å²) >= 11 is 5.57. The molecule has 0 saturated carbocycles. The molecule has 1 saturated heterocycles. The Bertz CT molecular complexity index is 1140. The van der Waals surface area contributed by atoms with Crippen molar-refractivity contribution in [2.75, 3.05) is 31.5 Å². The number of para-hydroxylation sites is 1. The standard InChI is InChI=1S/C25H29F2N5OS/c1-17-9-10-22(23(15-17)33-24(26)27)28-25(34)31-13-11-30(12-14-31)16-21-18(2)29-32(19(21)3)20-7-5-4-6-8-20/h4-10,15,24H,11-14,16H2,1-3H3,(H,28,34). The lowest BCUT2D eigenvalue weighted by Gasteiger charge is -2.36. The molecule has 0 atom stereocenters. The minimum absolute atomic E-state index is 0.0948. The number of hydrogen-bond donors (Lipinski definition) is 1. The number of halogens is 2. The molecule has 0 aliphatic carbocycles. The van der Waals surface area contributed by atoms with Crippen LogP contribution >= 0.6 is 12.2 Å². The summed E-state index contributed by atoms with van der Waals surface area (Å²) in [5, 5.41) is 8.34. The van der Waals surface area contributed by atoms with Gasteiger partial charge in [0.25, 0.3) is 0 Å². The zero-order valence-electron chi connectivity index (χ0n) is 19.6. The van der Waals surface area contributed by atoms with E-state index >= 15 is 0 Å². The largest absolute Gasteiger partial charge is 0.433 e. The zero-order valence-corrected chi connectivity index (χ0v) is 20.4. The van der Waals surface area contributed by atoms with Gasteiger partial charge in [-0.1, -0.05) is 24.3 Å². The van der Waals surface area contributed by atoms with Gasteiger partial charge >= 0.3 is 6.61 Å². The third kappa shape index (κ3) is 5.53. The second-order valence-corrected chi connectivity index (χ2v) is 8.85. The third-order valence-electron chi connectivity index (χ3n) is 6.08. The summed E-state index contributed by atoms with van der Waals surface area (Å²) in [6.45, 7) is 7.08. The lowest BCUT2D eigenvalue weighted by Crippen LogP contribution is -2.49. The highest BCUT2D eigenvalue weighted by molar-refractivity contribution is 7.80. The monoisotopic (exact) mass is 485 g/mol. The summed E-state index contributed by atoms with van der Waals surface area (Å²) in [5.74, 6) is 0.0948. The molecule has 1 fully saturated rings. The van der Waals surface area contributed by atoms with Crippen molar-refractivity contribution in [3.63, 3.8) is 0 Å². The average molecular weight is 486 g/mol. The number of aryl methyl sites for hydroxylation is 2. The minimum Gasteiger partial charge on any atom is -0.433 e. The summed E-state index contributed by atoms with van der Waals surface area (Å²) in [5.41, 5.74) is 5.76. The van der Waals surface area contributed by atoms with Crippen LogP contribution < -0.4 is 10.1 Å². The number of hydrogen-bond acceptors (Lipinski definition) is 4. The summed E-state index contributed by atoms with van der Waals surface area (Å²) in [6.07, 6.45) is 0. The van der Waals surface area contributed by atoms with E-state index in [0.717, 1.165) is 55.4 Å². The first kappa shape index (κ1) is 24.1. The molecule has 4 rings (SSSR count). The normalized spacial score (nSPS) is 14.5. The molecule has 0 radical (unpaired) electrons. The van der Waals surface area contributed by atoms with Crippen molar-refractivity contribution >= 4 is 23.0 Å². The molecule has 0 spiro atoms. The van der Waals surface area contributed by atoms with E-state index in [1.54, 1.807) is 12.1 Å². The van der Waals surface area contributed by atoms with Gasteiger partial charge in [0.05, 0.1) is 17.1 Å². The van der Waals surface area contributed by atoms with Crippen molar-refractivity contribution < 1.29 is 13.5 Å². The number of alkyl halides is 2. The Hall–Kier alpha value is -3.04. The molecule has 1 aliphatic heterocycles. The van der Waals surface area contributed by atoms with Crippen LogP contribution in [0.5, 0.6) is 5.75 Å². The molecule has 6 nitrogen and oxygen atoms in total. The molecule has 2 aromatic carbocycles. The fraction of sp³-hybridized carbons (Fsp3) is 0.360. The van der Waals surface area contributed by atoms with Crippen molar-refractivity contribution in [2.24, 2.45) is 0 Å². The molecule has 34 heavy (non-hydrogen) atoms. The van der Waals surface area contributed by atoms with Crippen molar-refractivity contribution in [2.45, 2.75) is 33.9 Å². The molecule has 1 aromatic heterocycles. The van der Waals surface area contributed by atoms with Crippen molar-refractivity contribution in [1.82, 2.24) is 19.6 Å². The van der Waals surface area contributed by atoms with E-state index in [4.69, 9.17) is 17.3 Å². The van der Waals surface area contributed by atoms with Gasteiger partial charge in [-0.15, -0.1) is 0 Å². The van der Waals surface area contributed by atoms with Crippen LogP contribution in [0.4, 0.5) is 14.5 Å². The minimum atomic E-state index is -2.89. The number of thiocarbonyl (C=S) groups is 1. The Labute approximate surface area is 204 Å². The summed E-state index contributed by atoms with van der Waals surface area (Å²) in [7, 11) is 0. The first-order valence-corrected chi connectivity index (χ1v) is 11.7. The highest BCUT2D eigenvalue weighted by Gasteiger charge is 2.23. The van der Waals surface area contributed by atoms with Crippen LogP contribution in [0, 0.1) is 20.8 Å². The van der Waals surface area contributed by atoms with E-state index in [-0.39, 0.29) is 5.75 Å². The van der Waals surface area contributed by atoms with Crippen molar-refractivity contribution in [3.05, 3.63) is 71.0 Å². The Balaban J connectivity index is 1.36. The van der Waals surface area contributed by atoms with Crippen molar-refractivity contribution in [1.29, 1.82) is 0 Å². The van der Waals surface area contributed by atoms with Gasteiger partial charge in [0.2, 0.25) is 0 Å². The molecular weight excluding hydrogens is 456 g/mol. The fourth-order valence-electron chi connectivity index (χ4n) is 4.18. The van der Waals surface area contributed by atoms with Gasteiger partial charge in [0.15, 0.2) is 5.11 Å². The average Bonchev–Trinajstić information content (AvgIpc) is 3.10. The van der Waals surface area contributed by atoms with Gasteiger partial charge < -0.3 is 15.0 Å². The molecule has 9 heteroatoms. The summed E-state index contributed by atoms with van der Waals surface area (Å²) < 4.78 is 32.3. The molecule has 1 N–H and O–H groups in total. The van der Waals surface area contributed by atoms with Crippen LogP contribution in [0.3, 0.4) is 0 Å². The van der Waals surface area contributed by atoms with Gasteiger partial charge in [0, 0.05) is 44.0 Å². The fourth-order valence-corrected chi connectivity index (χ4v) is 4.47. The van der Waals surface area contributed by atoms with Gasteiger partial charge in [-0.2, -0.15) is 13.9 Å². The molecule has 0 amide bonds. The summed E-state index contributed by atoms with van der Waals surface area (Å²) in [6, 6.07) is 15.3. The van der Waals surface area contributed by atoms with Crippen LogP contribution in [0.2, 0.25) is 0 Å². The second-order valence-electron chi connectivity index (χ2n) is 8.47. The van der Waals surface area contributed by atoms with Crippen LogP contribution in [0.25, 0.3) is 5.69 Å². The number of ether oxygens (including phenoxy) is 1. The topological polar surface area (TPSA) is 45.6 Å². The molecule has 1 aliphatic rings. The Morgan fingerprint density at radius 1 is 1.06 bits per heavy atom. The molecule has 2 heterocycles. The van der Waals surface area contributed by atoms with E-state index in [2.05, 4.69) is 45.8 Å². The van der Waals surface area contributed by atoms with Gasteiger partial charge in [-0.05, 0) is 62.8 Å². The maximum atomic E-state index is 12.8. The van der Waals surface area contributed by atoms with E-state index in [1.807, 2.05) is 35.9 Å². The van der Waals surface area contributed by atoms with Crippen LogP contribution in [-0.2, 0) is 6.54 Å². The maximum absolute atomic E-state index is 12.8. The van der Waals surface area contributed by atoms with Crippen LogP contribution in [-0.4, -0.2) is 57.5 Å². The zero-order chi connectivity index (χ0) is 24.2. The number of piperazine rings is 1. The Kier molecular flexibility index (Phi) is 7.43. The number of aromatic nitrogens is 2. The van der Waals surface area contributed by atoms with E-state index in [1.165, 1.54) is 5.56 Å². The second kappa shape index (κ2) is 10.5. The quantitative estimate of drug-likeness (QED) is 0.501. The maximum Gasteiger partial charge on any atom is 0.387 e. The van der Waals surface area contributed by atoms with Crippen LogP contribution in [0.1, 0.15) is 22.5 Å². The Morgan fingerprint density at radius 2 is 1.76 bits per heavy atom. The number of nitrogens with zero attached hydrogens (tertiary/aromatic N) is 4. The highest BCUT2D eigenvalue weighted by atomic mass is 32.1. The smallest absolute Gasteiger partial charge is 0.387 e. The van der Waals surface area contributed by atoms with Crippen molar-refractivity contribution in [3.8, 4) is 11.4 Å². The van der Waals surface area contributed by atoms with Gasteiger partial charge in [-0.3, -0.25) is 4.90 Å². The number of benzene rings is 2. The molecule has 0 unspecified atom stereocenters. The number of anilines is 1. The number of nitrogens with one attached hydrogen (secondary N) is 1. The molecule has 180 valence electrons. The third-order valence-corrected chi connectivity index (χ3v) is 6.44. The number of rotatable bonds is 6. The van der Waals surface area contributed by atoms with E-state index in [0.29, 0.717) is 10.8 Å². The lowest BCUT2D eigenvalue weighted by atomic mass is 10.1. The van der Waals surface area contributed by atoms with E-state index < -0.39 is 6.61 Å².